The molecule has 0 bridgehead atoms. The molecule has 0 spiro atoms. The van der Waals surface area contributed by atoms with Gasteiger partial charge in [-0.3, -0.25) is 14.4 Å². The normalized spacial score (nSPS) is 12.8. The van der Waals surface area contributed by atoms with Crippen molar-refractivity contribution in [2.45, 2.75) is 290 Å². The lowest BCUT2D eigenvalue weighted by Crippen LogP contribution is -2.30. The number of rotatable bonds is 54. The first-order chi connectivity index (χ1) is 35.5. The molecule has 0 amide bonds. The summed E-state index contributed by atoms with van der Waals surface area (Å²) < 4.78 is 16.8. The number of carbonyl (C=O) groups excluding carboxylic acids is 3. The fourth-order valence-corrected chi connectivity index (χ4v) is 8.31. The summed E-state index contributed by atoms with van der Waals surface area (Å²) >= 11 is 0. The number of allylic oxidation sites excluding steroid dienone is 16. The first-order valence-corrected chi connectivity index (χ1v) is 30.2. The van der Waals surface area contributed by atoms with Gasteiger partial charge in [0.1, 0.15) is 13.2 Å². The van der Waals surface area contributed by atoms with Crippen LogP contribution < -0.4 is 0 Å². The summed E-state index contributed by atoms with van der Waals surface area (Å²) in [6.45, 7) is 6.48. The van der Waals surface area contributed by atoms with Crippen molar-refractivity contribution in [3.8, 4) is 0 Å². The number of unbranched alkanes of at least 4 members (excludes halogenated alkanes) is 27. The minimum Gasteiger partial charge on any atom is -0.462 e. The average Bonchev–Trinajstić information content (AvgIpc) is 3.38. The van der Waals surface area contributed by atoms with Gasteiger partial charge in [-0.1, -0.05) is 266 Å². The van der Waals surface area contributed by atoms with E-state index in [2.05, 4.69) is 118 Å². The van der Waals surface area contributed by atoms with Gasteiger partial charge in [-0.25, -0.2) is 0 Å². The zero-order valence-electron chi connectivity index (χ0n) is 47.2. The molecule has 0 rings (SSSR count). The van der Waals surface area contributed by atoms with Crippen LogP contribution in [0.3, 0.4) is 0 Å². The van der Waals surface area contributed by atoms with Gasteiger partial charge in [0, 0.05) is 19.3 Å². The lowest BCUT2D eigenvalue weighted by Gasteiger charge is -2.18. The van der Waals surface area contributed by atoms with Crippen molar-refractivity contribution in [2.75, 3.05) is 13.2 Å². The summed E-state index contributed by atoms with van der Waals surface area (Å²) in [6, 6.07) is 0. The molecule has 0 saturated carbocycles. The number of carbonyl (C=O) groups is 3. The highest BCUT2D eigenvalue weighted by Crippen LogP contribution is 2.15. The van der Waals surface area contributed by atoms with Crippen molar-refractivity contribution in [1.82, 2.24) is 0 Å². The fraction of sp³-hybridized carbons (Fsp3) is 0.712. The third kappa shape index (κ3) is 57.2. The van der Waals surface area contributed by atoms with Gasteiger partial charge < -0.3 is 14.2 Å². The van der Waals surface area contributed by atoms with Crippen LogP contribution in [0.25, 0.3) is 0 Å². The number of esters is 3. The summed E-state index contributed by atoms with van der Waals surface area (Å²) in [5.74, 6) is -0.961. The monoisotopic (exact) mass is 1000 g/mol. The van der Waals surface area contributed by atoms with E-state index in [1.165, 1.54) is 141 Å². The van der Waals surface area contributed by atoms with Crippen LogP contribution in [0.1, 0.15) is 284 Å². The molecule has 0 aromatic heterocycles. The zero-order chi connectivity index (χ0) is 52.2. The maximum atomic E-state index is 12.8. The molecule has 6 heteroatoms. The van der Waals surface area contributed by atoms with Crippen molar-refractivity contribution in [3.63, 3.8) is 0 Å². The van der Waals surface area contributed by atoms with Crippen molar-refractivity contribution in [2.24, 2.45) is 0 Å². The molecule has 0 heterocycles. The molecule has 0 fully saturated rings. The number of hydrogen-bond acceptors (Lipinski definition) is 6. The minimum atomic E-state index is -0.810. The SMILES string of the molecule is CC/C=C\C/C=C\C/C=C\C/C=C\C/C=C\CCCC(=O)OC(COC(=O)CCCCCCCCCC/C=C\C/C=C\C/C=C\CCCCCCC)COC(=O)CCCCCCCCCCCCCCCC. The Hall–Kier alpha value is -3.67. The molecule has 0 aromatic carbocycles. The second kappa shape index (κ2) is 59.9. The molecular formula is C66H112O6. The van der Waals surface area contributed by atoms with Gasteiger partial charge in [-0.15, -0.1) is 0 Å². The molecule has 0 saturated heterocycles. The Morgan fingerprint density at radius 2 is 0.556 bits per heavy atom. The number of hydrogen-bond donors (Lipinski definition) is 0. The second-order valence-corrected chi connectivity index (χ2v) is 19.9. The van der Waals surface area contributed by atoms with Crippen molar-refractivity contribution >= 4 is 17.9 Å². The van der Waals surface area contributed by atoms with E-state index >= 15 is 0 Å². The van der Waals surface area contributed by atoms with Gasteiger partial charge in [0.25, 0.3) is 0 Å². The van der Waals surface area contributed by atoms with Gasteiger partial charge in [-0.2, -0.15) is 0 Å². The van der Waals surface area contributed by atoms with Crippen LogP contribution in [0, 0.1) is 0 Å². The van der Waals surface area contributed by atoms with Crippen LogP contribution in [0.2, 0.25) is 0 Å². The van der Waals surface area contributed by atoms with E-state index in [0.29, 0.717) is 19.3 Å². The van der Waals surface area contributed by atoms with Gasteiger partial charge in [0.05, 0.1) is 0 Å². The highest BCUT2D eigenvalue weighted by molar-refractivity contribution is 5.71. The van der Waals surface area contributed by atoms with Crippen LogP contribution in [0.4, 0.5) is 0 Å². The molecule has 0 aliphatic rings. The molecule has 6 nitrogen and oxygen atoms in total. The maximum absolute atomic E-state index is 12.8. The van der Waals surface area contributed by atoms with Gasteiger partial charge in [0.15, 0.2) is 6.10 Å². The third-order valence-corrected chi connectivity index (χ3v) is 12.8. The molecule has 0 aliphatic heterocycles. The van der Waals surface area contributed by atoms with Gasteiger partial charge >= 0.3 is 17.9 Å². The highest BCUT2D eigenvalue weighted by atomic mass is 16.6. The Kier molecular flexibility index (Phi) is 56.8. The molecule has 72 heavy (non-hydrogen) atoms. The third-order valence-electron chi connectivity index (χ3n) is 12.8. The molecule has 412 valence electrons. The Labute approximate surface area is 445 Å². The second-order valence-electron chi connectivity index (χ2n) is 19.9. The van der Waals surface area contributed by atoms with Crippen LogP contribution in [0.15, 0.2) is 97.2 Å². The lowest BCUT2D eigenvalue weighted by atomic mass is 10.0. The van der Waals surface area contributed by atoms with Crippen molar-refractivity contribution in [3.05, 3.63) is 97.2 Å². The molecule has 1 atom stereocenters. The summed E-state index contributed by atoms with van der Waals surface area (Å²) in [5, 5.41) is 0. The molecule has 0 aromatic rings. The van der Waals surface area contributed by atoms with Crippen LogP contribution in [0.5, 0.6) is 0 Å². The summed E-state index contributed by atoms with van der Waals surface area (Å²) in [6.07, 6.45) is 79.8. The summed E-state index contributed by atoms with van der Waals surface area (Å²) in [7, 11) is 0. The van der Waals surface area contributed by atoms with E-state index in [1.807, 2.05) is 0 Å². The van der Waals surface area contributed by atoms with E-state index in [9.17, 15) is 14.4 Å². The van der Waals surface area contributed by atoms with Crippen LogP contribution >= 0.6 is 0 Å². The largest absolute Gasteiger partial charge is 0.462 e. The first kappa shape index (κ1) is 68.3. The predicted molar refractivity (Wildman–Crippen MR) is 311 cm³/mol. The quantitative estimate of drug-likeness (QED) is 0.0261. The topological polar surface area (TPSA) is 78.9 Å². The van der Waals surface area contributed by atoms with E-state index in [4.69, 9.17) is 14.2 Å². The van der Waals surface area contributed by atoms with E-state index in [-0.39, 0.29) is 37.5 Å². The first-order valence-electron chi connectivity index (χ1n) is 30.2. The van der Waals surface area contributed by atoms with Crippen LogP contribution in [-0.4, -0.2) is 37.2 Å². The van der Waals surface area contributed by atoms with E-state index in [0.717, 1.165) is 96.3 Å². The summed E-state index contributed by atoms with van der Waals surface area (Å²) in [4.78, 5) is 38.2. The lowest BCUT2D eigenvalue weighted by molar-refractivity contribution is -0.167. The van der Waals surface area contributed by atoms with Gasteiger partial charge in [0.2, 0.25) is 0 Å². The fourth-order valence-electron chi connectivity index (χ4n) is 8.31. The Morgan fingerprint density at radius 3 is 0.889 bits per heavy atom. The van der Waals surface area contributed by atoms with Crippen molar-refractivity contribution in [1.29, 1.82) is 0 Å². The minimum absolute atomic E-state index is 0.101. The highest BCUT2D eigenvalue weighted by Gasteiger charge is 2.19. The molecule has 0 aliphatic carbocycles. The van der Waals surface area contributed by atoms with Crippen LogP contribution in [-0.2, 0) is 28.6 Å². The molecular weight excluding hydrogens is 889 g/mol. The predicted octanol–water partition coefficient (Wildman–Crippen LogP) is 20.5. The number of ether oxygens (including phenoxy) is 3. The Balaban J connectivity index is 4.43. The Bertz CT molecular complexity index is 1430. The molecule has 0 radical (unpaired) electrons. The average molecular weight is 1000 g/mol. The standard InChI is InChI=1S/C66H112O6/c1-4-7-10-13-16-19-22-25-28-30-31-32-33-34-35-37-38-41-44-47-50-53-56-59-65(68)71-62-63(61-70-64(67)58-55-52-49-46-43-40-27-24-21-18-15-12-9-6-3)72-66(69)60-57-54-51-48-45-42-39-36-29-26-23-20-17-14-11-8-5-2/h8,11,17,20,22,25-26,29-31,33-34,39,42,48,51,63H,4-7,9-10,12-16,18-19,21,23-24,27-28,32,35-38,40-41,43-47,49-50,52-62H2,1-3H3/b11-8-,20-17-,25-22-,29-26-,31-30-,34-33-,42-39-,51-48-. The zero-order valence-corrected chi connectivity index (χ0v) is 47.2. The maximum Gasteiger partial charge on any atom is 0.306 e. The van der Waals surface area contributed by atoms with Gasteiger partial charge in [-0.05, 0) is 96.3 Å². The van der Waals surface area contributed by atoms with E-state index < -0.39 is 6.10 Å². The van der Waals surface area contributed by atoms with E-state index in [1.54, 1.807) is 0 Å². The molecule has 1 unspecified atom stereocenters. The molecule has 0 N–H and O–H groups in total. The summed E-state index contributed by atoms with van der Waals surface area (Å²) in [5.41, 5.74) is 0. The smallest absolute Gasteiger partial charge is 0.306 e. The van der Waals surface area contributed by atoms with Crippen molar-refractivity contribution < 1.29 is 28.6 Å². The Morgan fingerprint density at radius 1 is 0.292 bits per heavy atom.